The summed E-state index contributed by atoms with van der Waals surface area (Å²) in [4.78, 5) is 31.1. The molecule has 158 valence electrons. The minimum absolute atomic E-state index is 0.0641. The van der Waals surface area contributed by atoms with Gasteiger partial charge in [0.15, 0.2) is 5.16 Å². The first-order chi connectivity index (χ1) is 15.0. The molecule has 5 nitrogen and oxygen atoms in total. The third kappa shape index (κ3) is 4.57. The molecule has 1 N–H and O–H groups in total. The first kappa shape index (κ1) is 21.3. The second kappa shape index (κ2) is 9.08. The number of hydrogen-bond donors (Lipinski definition) is 1. The highest BCUT2D eigenvalue weighted by atomic mass is 32.2. The van der Waals surface area contributed by atoms with Crippen LogP contribution < -0.4 is 10.9 Å². The lowest BCUT2D eigenvalue weighted by Crippen LogP contribution is -2.23. The normalized spacial score (nSPS) is 11.1. The van der Waals surface area contributed by atoms with Crippen molar-refractivity contribution in [2.24, 2.45) is 0 Å². The van der Waals surface area contributed by atoms with Gasteiger partial charge in [-0.2, -0.15) is 0 Å². The van der Waals surface area contributed by atoms with Crippen molar-refractivity contribution in [3.8, 4) is 11.1 Å². The Morgan fingerprint density at radius 1 is 1.06 bits per heavy atom. The van der Waals surface area contributed by atoms with E-state index in [0.717, 1.165) is 22.4 Å². The fraction of sp³-hybridized carbons (Fsp3) is 0.208. The lowest BCUT2D eigenvalue weighted by molar-refractivity contribution is -0.113. The zero-order valence-electron chi connectivity index (χ0n) is 17.6. The summed E-state index contributed by atoms with van der Waals surface area (Å²) < 4.78 is 1.65. The summed E-state index contributed by atoms with van der Waals surface area (Å²) in [5.41, 5.74) is 4.93. The van der Waals surface area contributed by atoms with Gasteiger partial charge in [0.25, 0.3) is 5.56 Å². The van der Waals surface area contributed by atoms with Crippen LogP contribution in [0.1, 0.15) is 18.1 Å². The highest BCUT2D eigenvalue weighted by Gasteiger charge is 2.17. The summed E-state index contributed by atoms with van der Waals surface area (Å²) in [7, 11) is 0. The molecule has 0 spiro atoms. The van der Waals surface area contributed by atoms with Crippen molar-refractivity contribution >= 4 is 44.9 Å². The monoisotopic (exact) mass is 449 g/mol. The molecule has 0 saturated carbocycles. The minimum Gasteiger partial charge on any atom is -0.325 e. The first-order valence-corrected chi connectivity index (χ1v) is 11.9. The van der Waals surface area contributed by atoms with Crippen molar-refractivity contribution in [1.82, 2.24) is 9.55 Å². The molecule has 31 heavy (non-hydrogen) atoms. The van der Waals surface area contributed by atoms with Gasteiger partial charge in [0.05, 0.1) is 11.1 Å². The lowest BCUT2D eigenvalue weighted by Gasteiger charge is -2.11. The molecule has 0 fully saturated rings. The largest absolute Gasteiger partial charge is 0.325 e. The highest BCUT2D eigenvalue weighted by molar-refractivity contribution is 7.99. The summed E-state index contributed by atoms with van der Waals surface area (Å²) in [5, 5.41) is 6.08. The van der Waals surface area contributed by atoms with E-state index in [1.165, 1.54) is 28.7 Å². The van der Waals surface area contributed by atoms with Gasteiger partial charge >= 0.3 is 0 Å². The zero-order valence-corrected chi connectivity index (χ0v) is 19.3. The first-order valence-electron chi connectivity index (χ1n) is 10.0. The molecule has 0 aliphatic heterocycles. The van der Waals surface area contributed by atoms with Gasteiger partial charge in [-0.05, 0) is 38.5 Å². The van der Waals surface area contributed by atoms with Gasteiger partial charge in [-0.1, -0.05) is 59.3 Å². The van der Waals surface area contributed by atoms with E-state index in [2.05, 4.69) is 5.32 Å². The summed E-state index contributed by atoms with van der Waals surface area (Å²) in [6.45, 7) is 6.46. The van der Waals surface area contributed by atoms with Crippen LogP contribution in [0.5, 0.6) is 0 Å². The second-order valence-corrected chi connectivity index (χ2v) is 9.14. The summed E-state index contributed by atoms with van der Waals surface area (Å²) in [6, 6.07) is 15.8. The standard InChI is InChI=1S/C24H23N3O2S2/c1-4-27-23(29)21-19(17-9-5-15(2)6-10-17)13-30-22(21)26-24(27)31-14-20(28)25-18-11-7-16(3)8-12-18/h5-13H,4,14H2,1-3H3,(H,25,28). The molecule has 7 heteroatoms. The van der Waals surface area contributed by atoms with E-state index < -0.39 is 0 Å². The summed E-state index contributed by atoms with van der Waals surface area (Å²) >= 11 is 2.75. The van der Waals surface area contributed by atoms with Gasteiger partial charge in [-0.25, -0.2) is 4.98 Å². The molecule has 2 aromatic carbocycles. The van der Waals surface area contributed by atoms with Crippen LogP contribution in [0, 0.1) is 13.8 Å². The third-order valence-electron chi connectivity index (χ3n) is 5.01. The molecule has 0 atom stereocenters. The molecule has 1 amide bonds. The number of nitrogens with zero attached hydrogens (tertiary/aromatic N) is 2. The van der Waals surface area contributed by atoms with E-state index in [0.29, 0.717) is 21.9 Å². The molecule has 0 unspecified atom stereocenters. The number of amides is 1. The van der Waals surface area contributed by atoms with Gasteiger partial charge in [0, 0.05) is 23.2 Å². The number of anilines is 1. The quantitative estimate of drug-likeness (QED) is 0.312. The smallest absolute Gasteiger partial charge is 0.263 e. The van der Waals surface area contributed by atoms with Crippen molar-refractivity contribution in [3.63, 3.8) is 0 Å². The maximum atomic E-state index is 13.3. The van der Waals surface area contributed by atoms with Gasteiger partial charge in [-0.3, -0.25) is 14.2 Å². The maximum absolute atomic E-state index is 13.3. The van der Waals surface area contributed by atoms with Gasteiger partial charge in [-0.15, -0.1) is 11.3 Å². The molecule has 0 aliphatic carbocycles. The zero-order chi connectivity index (χ0) is 22.0. The number of carbonyl (C=O) groups is 1. The number of aryl methyl sites for hydroxylation is 2. The number of nitrogens with one attached hydrogen (secondary N) is 1. The Hall–Kier alpha value is -2.90. The predicted molar refractivity (Wildman–Crippen MR) is 130 cm³/mol. The number of thiophene rings is 1. The van der Waals surface area contributed by atoms with Crippen LogP contribution in [0.4, 0.5) is 5.69 Å². The highest BCUT2D eigenvalue weighted by Crippen LogP contribution is 2.32. The Morgan fingerprint density at radius 3 is 2.35 bits per heavy atom. The number of rotatable bonds is 6. The Balaban J connectivity index is 1.60. The Labute approximate surface area is 189 Å². The van der Waals surface area contributed by atoms with Crippen LogP contribution >= 0.6 is 23.1 Å². The molecule has 2 aromatic heterocycles. The van der Waals surface area contributed by atoms with Crippen molar-refractivity contribution in [2.75, 3.05) is 11.1 Å². The predicted octanol–water partition coefficient (Wildman–Crippen LogP) is 5.49. The molecule has 4 aromatic rings. The SMILES string of the molecule is CCn1c(SCC(=O)Nc2ccc(C)cc2)nc2scc(-c3ccc(C)cc3)c2c1=O. The van der Waals surface area contributed by atoms with E-state index in [1.54, 1.807) is 4.57 Å². The molecule has 0 saturated heterocycles. The number of thioether (sulfide) groups is 1. The average Bonchev–Trinajstić information content (AvgIpc) is 3.19. The number of hydrogen-bond acceptors (Lipinski definition) is 5. The number of aromatic nitrogens is 2. The molecule has 0 bridgehead atoms. The fourth-order valence-corrected chi connectivity index (χ4v) is 5.16. The summed E-state index contributed by atoms with van der Waals surface area (Å²) in [5.74, 6) is 0.0551. The van der Waals surface area contributed by atoms with Crippen LogP contribution in [-0.2, 0) is 11.3 Å². The Bertz CT molecular complexity index is 1290. The molecule has 2 heterocycles. The van der Waals surface area contributed by atoms with E-state index in [4.69, 9.17) is 4.98 Å². The van der Waals surface area contributed by atoms with Crippen LogP contribution in [0.3, 0.4) is 0 Å². The van der Waals surface area contributed by atoms with E-state index >= 15 is 0 Å². The van der Waals surface area contributed by atoms with Crippen molar-refractivity contribution in [3.05, 3.63) is 75.4 Å². The van der Waals surface area contributed by atoms with Gasteiger partial charge in [0.2, 0.25) is 5.91 Å². The third-order valence-corrected chi connectivity index (χ3v) is 6.85. The molecule has 4 rings (SSSR count). The lowest BCUT2D eigenvalue weighted by atomic mass is 10.1. The average molecular weight is 450 g/mol. The van der Waals surface area contributed by atoms with Crippen LogP contribution in [0.2, 0.25) is 0 Å². The Kier molecular flexibility index (Phi) is 6.25. The number of benzene rings is 2. The van der Waals surface area contributed by atoms with Crippen LogP contribution in [-0.4, -0.2) is 21.2 Å². The maximum Gasteiger partial charge on any atom is 0.263 e. The van der Waals surface area contributed by atoms with Crippen LogP contribution in [0.25, 0.3) is 21.3 Å². The van der Waals surface area contributed by atoms with E-state index in [1.807, 2.05) is 74.7 Å². The van der Waals surface area contributed by atoms with E-state index in [9.17, 15) is 9.59 Å². The van der Waals surface area contributed by atoms with E-state index in [-0.39, 0.29) is 17.2 Å². The summed E-state index contributed by atoms with van der Waals surface area (Å²) in [6.07, 6.45) is 0. The molecular weight excluding hydrogens is 426 g/mol. The fourth-order valence-electron chi connectivity index (χ4n) is 3.30. The molecular formula is C24H23N3O2S2. The van der Waals surface area contributed by atoms with Gasteiger partial charge in [0.1, 0.15) is 4.83 Å². The molecule has 0 radical (unpaired) electrons. The van der Waals surface area contributed by atoms with Crippen molar-refractivity contribution in [1.29, 1.82) is 0 Å². The second-order valence-electron chi connectivity index (χ2n) is 7.34. The van der Waals surface area contributed by atoms with Crippen LogP contribution in [0.15, 0.2) is 63.9 Å². The van der Waals surface area contributed by atoms with Gasteiger partial charge < -0.3 is 5.32 Å². The number of carbonyl (C=O) groups excluding carboxylic acids is 1. The topological polar surface area (TPSA) is 64.0 Å². The van der Waals surface area contributed by atoms with Crippen molar-refractivity contribution in [2.45, 2.75) is 32.5 Å². The molecule has 0 aliphatic rings. The minimum atomic E-state index is -0.127. The number of fused-ring (bicyclic) bond motifs is 1. The Morgan fingerprint density at radius 2 is 1.71 bits per heavy atom. The van der Waals surface area contributed by atoms with Crippen molar-refractivity contribution < 1.29 is 4.79 Å².